The molecule has 0 spiro atoms. The smallest absolute Gasteiger partial charge is 0.395 e. The zero-order chi connectivity index (χ0) is 30.9. The second-order valence-electron chi connectivity index (χ2n) is 11.5. The average molecular weight is 587 g/mol. The highest BCUT2D eigenvalue weighted by atomic mass is 19.1. The number of benzene rings is 2. The Morgan fingerprint density at radius 1 is 1.16 bits per heavy atom. The predicted molar refractivity (Wildman–Crippen MR) is 163 cm³/mol. The summed E-state index contributed by atoms with van der Waals surface area (Å²) in [5.41, 5.74) is 5.45. The number of H-pyrrole nitrogens is 1. The normalized spacial score (nSPS) is 14.0. The molecule has 2 amide bonds. The van der Waals surface area contributed by atoms with Gasteiger partial charge in [0.15, 0.2) is 0 Å². The molecule has 0 saturated carbocycles. The molecule has 0 bridgehead atoms. The van der Waals surface area contributed by atoms with Gasteiger partial charge in [-0.2, -0.15) is 0 Å². The fourth-order valence-electron chi connectivity index (χ4n) is 4.91. The Kier molecular flexibility index (Phi) is 8.30. The van der Waals surface area contributed by atoms with Gasteiger partial charge in [0.2, 0.25) is 0 Å². The van der Waals surface area contributed by atoms with E-state index >= 15 is 0 Å². The number of halogens is 1. The van der Waals surface area contributed by atoms with E-state index in [-0.39, 0.29) is 12.5 Å². The Morgan fingerprint density at radius 3 is 2.56 bits per heavy atom. The fourth-order valence-corrected chi connectivity index (χ4v) is 4.91. The Labute approximate surface area is 249 Å². The number of rotatable bonds is 7. The van der Waals surface area contributed by atoms with Crippen molar-refractivity contribution in [1.82, 2.24) is 24.9 Å². The van der Waals surface area contributed by atoms with Crippen LogP contribution in [-0.2, 0) is 10.3 Å². The van der Waals surface area contributed by atoms with Crippen molar-refractivity contribution in [2.45, 2.75) is 32.6 Å². The standard InChI is InChI=1S/C32H35FN6O4/c1-19-24(14-23(33)15-26(19)37-30(41)21-6-8-22(9-7-21)32(2,3)17-40)28-25-16-27(36-29(25)35-18-34-28)20-10-12-39(13-11-20)43-31(42)38(4)5/h6-10,14-16,18,40H,11-13,17H2,1-5H3,(H,37,41)(H,34,35,36). The summed E-state index contributed by atoms with van der Waals surface area (Å²) in [6, 6.07) is 11.6. The quantitative estimate of drug-likeness (QED) is 0.269. The maximum Gasteiger partial charge on any atom is 0.428 e. The maximum absolute atomic E-state index is 15.0. The molecule has 4 aromatic rings. The number of nitrogens with zero attached hydrogens (tertiary/aromatic N) is 4. The van der Waals surface area contributed by atoms with E-state index in [9.17, 15) is 19.1 Å². The molecule has 0 atom stereocenters. The SMILES string of the molecule is Cc1c(NC(=O)c2ccc(C(C)(C)CO)cc2)cc(F)cc1-c1ncnc2[nH]c(C3=CCN(OC(=O)N(C)C)CC3)cc12. The number of fused-ring (bicyclic) bond motifs is 1. The van der Waals surface area contributed by atoms with Gasteiger partial charge in [-0.25, -0.2) is 19.2 Å². The van der Waals surface area contributed by atoms with Gasteiger partial charge in [0.05, 0.1) is 18.8 Å². The highest BCUT2D eigenvalue weighted by Gasteiger charge is 2.22. The van der Waals surface area contributed by atoms with E-state index in [2.05, 4.69) is 20.3 Å². The molecule has 3 heterocycles. The molecule has 0 unspecified atom stereocenters. The molecule has 11 heteroatoms. The van der Waals surface area contributed by atoms with Gasteiger partial charge in [0.25, 0.3) is 5.91 Å². The summed E-state index contributed by atoms with van der Waals surface area (Å²) in [6.45, 7) is 6.61. The van der Waals surface area contributed by atoms with Gasteiger partial charge in [-0.05, 0) is 60.4 Å². The van der Waals surface area contributed by atoms with Gasteiger partial charge in [0.1, 0.15) is 17.8 Å². The first-order chi connectivity index (χ1) is 20.5. The number of hydrogen-bond donors (Lipinski definition) is 3. The number of aromatic amines is 1. The van der Waals surface area contributed by atoms with Gasteiger partial charge in [-0.1, -0.05) is 32.1 Å². The second kappa shape index (κ2) is 11.9. The molecule has 0 saturated heterocycles. The number of carbonyl (C=O) groups is 2. The third-order valence-corrected chi connectivity index (χ3v) is 7.72. The summed E-state index contributed by atoms with van der Waals surface area (Å²) in [5, 5.41) is 14.8. The fraction of sp³-hybridized carbons (Fsp3) is 0.312. The number of aromatic nitrogens is 3. The van der Waals surface area contributed by atoms with Gasteiger partial charge >= 0.3 is 6.09 Å². The molecule has 0 radical (unpaired) electrons. The minimum Gasteiger partial charge on any atom is -0.395 e. The van der Waals surface area contributed by atoms with Gasteiger partial charge in [0, 0.05) is 53.9 Å². The number of aliphatic hydroxyl groups excluding tert-OH is 1. The molecule has 2 aromatic carbocycles. The third kappa shape index (κ3) is 6.27. The predicted octanol–water partition coefficient (Wildman–Crippen LogP) is 5.30. The lowest BCUT2D eigenvalue weighted by Gasteiger charge is -2.25. The lowest BCUT2D eigenvalue weighted by molar-refractivity contribution is -0.101. The monoisotopic (exact) mass is 586 g/mol. The van der Waals surface area contributed by atoms with Crippen LogP contribution in [0.1, 0.15) is 47.4 Å². The van der Waals surface area contributed by atoms with E-state index < -0.39 is 17.3 Å². The van der Waals surface area contributed by atoms with Crippen molar-refractivity contribution in [2.75, 3.05) is 39.1 Å². The highest BCUT2D eigenvalue weighted by molar-refractivity contribution is 6.05. The van der Waals surface area contributed by atoms with Crippen LogP contribution in [0.15, 0.2) is 54.9 Å². The van der Waals surface area contributed by atoms with Crippen molar-refractivity contribution in [3.8, 4) is 11.3 Å². The molecule has 1 aliphatic heterocycles. The number of nitrogens with one attached hydrogen (secondary N) is 2. The number of amides is 2. The average Bonchev–Trinajstić information content (AvgIpc) is 3.44. The lowest BCUT2D eigenvalue weighted by atomic mass is 9.85. The molecule has 1 aliphatic rings. The molecule has 43 heavy (non-hydrogen) atoms. The van der Waals surface area contributed by atoms with Crippen LogP contribution in [0, 0.1) is 12.7 Å². The molecular weight excluding hydrogens is 551 g/mol. The summed E-state index contributed by atoms with van der Waals surface area (Å²) < 4.78 is 15.0. The van der Waals surface area contributed by atoms with Crippen molar-refractivity contribution < 1.29 is 23.9 Å². The summed E-state index contributed by atoms with van der Waals surface area (Å²) in [7, 11) is 3.26. The van der Waals surface area contributed by atoms with Crippen molar-refractivity contribution in [2.24, 2.45) is 0 Å². The van der Waals surface area contributed by atoms with Crippen LogP contribution in [0.25, 0.3) is 27.9 Å². The molecule has 0 aliphatic carbocycles. The summed E-state index contributed by atoms with van der Waals surface area (Å²) in [6.07, 6.45) is 3.63. The zero-order valence-electron chi connectivity index (χ0n) is 24.9. The first-order valence-electron chi connectivity index (χ1n) is 14.0. The number of hydroxylamine groups is 2. The van der Waals surface area contributed by atoms with Crippen LogP contribution in [0.3, 0.4) is 0 Å². The number of aliphatic hydroxyl groups is 1. The molecule has 224 valence electrons. The van der Waals surface area contributed by atoms with Crippen molar-refractivity contribution in [3.63, 3.8) is 0 Å². The summed E-state index contributed by atoms with van der Waals surface area (Å²) >= 11 is 0. The Balaban J connectivity index is 1.41. The Bertz CT molecular complexity index is 1710. The summed E-state index contributed by atoms with van der Waals surface area (Å²) in [5.74, 6) is -0.889. The van der Waals surface area contributed by atoms with Crippen LogP contribution in [0.4, 0.5) is 14.9 Å². The van der Waals surface area contributed by atoms with E-state index in [1.807, 2.05) is 45.0 Å². The molecule has 5 rings (SSSR count). The maximum atomic E-state index is 15.0. The lowest BCUT2D eigenvalue weighted by Crippen LogP contribution is -2.35. The topological polar surface area (TPSA) is 124 Å². The molecular formula is C32H35FN6O4. The van der Waals surface area contributed by atoms with Gasteiger partial charge in [-0.3, -0.25) is 4.79 Å². The first kappa shape index (κ1) is 29.9. The molecule has 0 fully saturated rings. The highest BCUT2D eigenvalue weighted by Crippen LogP contribution is 2.35. The molecule has 2 aromatic heterocycles. The van der Waals surface area contributed by atoms with Crippen LogP contribution < -0.4 is 5.32 Å². The zero-order valence-corrected chi connectivity index (χ0v) is 24.9. The minimum atomic E-state index is -0.513. The van der Waals surface area contributed by atoms with E-state index in [0.717, 1.165) is 16.8 Å². The third-order valence-electron chi connectivity index (χ3n) is 7.72. The van der Waals surface area contributed by atoms with E-state index in [0.29, 0.717) is 58.6 Å². The van der Waals surface area contributed by atoms with Gasteiger partial charge < -0.3 is 25.1 Å². The summed E-state index contributed by atoms with van der Waals surface area (Å²) in [4.78, 5) is 43.9. The van der Waals surface area contributed by atoms with Crippen LogP contribution >= 0.6 is 0 Å². The Morgan fingerprint density at radius 2 is 1.91 bits per heavy atom. The van der Waals surface area contributed by atoms with Crippen LogP contribution in [0.2, 0.25) is 0 Å². The molecule has 3 N–H and O–H groups in total. The van der Waals surface area contributed by atoms with Crippen LogP contribution in [0.5, 0.6) is 0 Å². The number of anilines is 1. The number of hydrogen-bond acceptors (Lipinski definition) is 7. The second-order valence-corrected chi connectivity index (χ2v) is 11.5. The van der Waals surface area contributed by atoms with E-state index in [1.54, 1.807) is 31.3 Å². The van der Waals surface area contributed by atoms with Crippen LogP contribution in [-0.4, -0.2) is 75.8 Å². The molecule has 10 nitrogen and oxygen atoms in total. The van der Waals surface area contributed by atoms with Crippen molar-refractivity contribution in [1.29, 1.82) is 0 Å². The van der Waals surface area contributed by atoms with E-state index in [4.69, 9.17) is 4.84 Å². The Hall–Kier alpha value is -4.61. The van der Waals surface area contributed by atoms with Gasteiger partial charge in [-0.15, -0.1) is 5.06 Å². The largest absolute Gasteiger partial charge is 0.428 e. The van der Waals surface area contributed by atoms with Crippen molar-refractivity contribution >= 4 is 34.3 Å². The minimum absolute atomic E-state index is 0.0207. The number of carbonyl (C=O) groups excluding carboxylic acids is 2. The van der Waals surface area contributed by atoms with E-state index in [1.165, 1.54) is 23.4 Å². The first-order valence-corrected chi connectivity index (χ1v) is 14.0. The van der Waals surface area contributed by atoms with Crippen molar-refractivity contribution in [3.05, 3.63) is 83.1 Å².